The van der Waals surface area contributed by atoms with Crippen molar-refractivity contribution in [2.45, 2.75) is 13.0 Å². The van der Waals surface area contributed by atoms with Crippen molar-refractivity contribution in [2.24, 2.45) is 0 Å². The van der Waals surface area contributed by atoms with Crippen molar-refractivity contribution in [3.63, 3.8) is 0 Å². The minimum Gasteiger partial charge on any atom is -0.496 e. The second-order valence-corrected chi connectivity index (χ2v) is 6.57. The third-order valence-corrected chi connectivity index (χ3v) is 4.56. The molecule has 148 valence electrons. The summed E-state index contributed by atoms with van der Waals surface area (Å²) in [7, 11) is 1.60. The maximum Gasteiger partial charge on any atom is 0.251 e. The number of hydrogen-bond acceptors (Lipinski definition) is 3. The molecule has 0 saturated heterocycles. The van der Waals surface area contributed by atoms with Crippen LogP contribution in [-0.4, -0.2) is 25.5 Å². The van der Waals surface area contributed by atoms with E-state index in [1.807, 2.05) is 54.6 Å². The van der Waals surface area contributed by atoms with Gasteiger partial charge in [0.25, 0.3) is 11.8 Å². The maximum absolute atomic E-state index is 12.5. The van der Waals surface area contributed by atoms with E-state index in [0.29, 0.717) is 24.2 Å². The molecular formula is C24H24N2O3. The zero-order chi connectivity index (χ0) is 20.5. The average Bonchev–Trinajstić information content (AvgIpc) is 2.78. The summed E-state index contributed by atoms with van der Waals surface area (Å²) in [6.07, 6.45) is 0.756. The predicted molar refractivity (Wildman–Crippen MR) is 113 cm³/mol. The van der Waals surface area contributed by atoms with E-state index in [-0.39, 0.29) is 11.8 Å². The molecule has 0 aliphatic carbocycles. The van der Waals surface area contributed by atoms with Gasteiger partial charge in [0.1, 0.15) is 5.75 Å². The minimum absolute atomic E-state index is 0.194. The lowest BCUT2D eigenvalue weighted by Crippen LogP contribution is -2.27. The van der Waals surface area contributed by atoms with Gasteiger partial charge < -0.3 is 15.4 Å². The third-order valence-electron chi connectivity index (χ3n) is 4.56. The van der Waals surface area contributed by atoms with E-state index in [2.05, 4.69) is 10.6 Å². The van der Waals surface area contributed by atoms with Gasteiger partial charge >= 0.3 is 0 Å². The zero-order valence-corrected chi connectivity index (χ0v) is 16.4. The topological polar surface area (TPSA) is 67.4 Å². The first-order valence-corrected chi connectivity index (χ1v) is 9.49. The summed E-state index contributed by atoms with van der Waals surface area (Å²) in [5.41, 5.74) is 2.95. The molecule has 3 rings (SSSR count). The molecule has 0 bridgehead atoms. The highest BCUT2D eigenvalue weighted by Crippen LogP contribution is 2.17. The van der Waals surface area contributed by atoms with E-state index in [1.54, 1.807) is 31.4 Å². The van der Waals surface area contributed by atoms with Crippen LogP contribution in [-0.2, 0) is 13.0 Å². The summed E-state index contributed by atoms with van der Waals surface area (Å²) in [5, 5.41) is 5.77. The van der Waals surface area contributed by atoms with Gasteiger partial charge in [-0.05, 0) is 36.2 Å². The van der Waals surface area contributed by atoms with E-state index in [1.165, 1.54) is 0 Å². The second-order valence-electron chi connectivity index (χ2n) is 6.57. The Morgan fingerprint density at radius 1 is 0.793 bits per heavy atom. The van der Waals surface area contributed by atoms with Crippen LogP contribution in [0.25, 0.3) is 0 Å². The van der Waals surface area contributed by atoms with E-state index in [0.717, 1.165) is 23.3 Å². The lowest BCUT2D eigenvalue weighted by atomic mass is 10.1. The number of methoxy groups -OCH3 is 1. The Kier molecular flexibility index (Phi) is 7.00. The number of ether oxygens (including phenoxy) is 1. The van der Waals surface area contributed by atoms with E-state index in [9.17, 15) is 9.59 Å². The number of benzene rings is 3. The molecule has 0 aliphatic heterocycles. The molecule has 0 atom stereocenters. The van der Waals surface area contributed by atoms with Crippen molar-refractivity contribution in [3.8, 4) is 5.75 Å². The molecule has 0 aliphatic rings. The fraction of sp³-hybridized carbons (Fsp3) is 0.167. The summed E-state index contributed by atoms with van der Waals surface area (Å²) in [5.74, 6) is 0.287. The molecule has 0 radical (unpaired) electrons. The predicted octanol–water partition coefficient (Wildman–Crippen LogP) is 3.60. The molecule has 2 amide bonds. The highest BCUT2D eigenvalue weighted by molar-refractivity contribution is 5.99. The Morgan fingerprint density at radius 2 is 1.45 bits per heavy atom. The highest BCUT2D eigenvalue weighted by Gasteiger charge is 2.11. The molecule has 0 aromatic heterocycles. The van der Waals surface area contributed by atoms with Gasteiger partial charge in [0, 0.05) is 29.8 Å². The molecule has 0 spiro atoms. The summed E-state index contributed by atoms with van der Waals surface area (Å²) >= 11 is 0. The summed E-state index contributed by atoms with van der Waals surface area (Å²) in [6.45, 7) is 0.878. The van der Waals surface area contributed by atoms with Gasteiger partial charge in [-0.1, -0.05) is 54.6 Å². The molecule has 3 aromatic rings. The molecule has 0 heterocycles. The van der Waals surface area contributed by atoms with Crippen molar-refractivity contribution in [3.05, 3.63) is 101 Å². The number of para-hydroxylation sites is 1. The van der Waals surface area contributed by atoms with Crippen LogP contribution in [0.2, 0.25) is 0 Å². The first kappa shape index (κ1) is 20.1. The van der Waals surface area contributed by atoms with Crippen molar-refractivity contribution >= 4 is 11.8 Å². The van der Waals surface area contributed by atoms with Gasteiger partial charge in [0.15, 0.2) is 0 Å². The Balaban J connectivity index is 1.56. The van der Waals surface area contributed by atoms with Gasteiger partial charge in [0.05, 0.1) is 7.11 Å². The van der Waals surface area contributed by atoms with Crippen LogP contribution in [0.15, 0.2) is 78.9 Å². The number of amides is 2. The van der Waals surface area contributed by atoms with Crippen molar-refractivity contribution in [1.82, 2.24) is 10.6 Å². The van der Waals surface area contributed by atoms with Gasteiger partial charge in [-0.3, -0.25) is 9.59 Å². The fourth-order valence-electron chi connectivity index (χ4n) is 3.00. The lowest BCUT2D eigenvalue weighted by molar-refractivity contribution is 0.0950. The average molecular weight is 388 g/mol. The quantitative estimate of drug-likeness (QED) is 0.620. The molecule has 3 aromatic carbocycles. The van der Waals surface area contributed by atoms with Crippen LogP contribution < -0.4 is 15.4 Å². The van der Waals surface area contributed by atoms with Crippen LogP contribution in [0.4, 0.5) is 0 Å². The monoisotopic (exact) mass is 388 g/mol. The van der Waals surface area contributed by atoms with Crippen LogP contribution >= 0.6 is 0 Å². The van der Waals surface area contributed by atoms with E-state index in [4.69, 9.17) is 4.74 Å². The highest BCUT2D eigenvalue weighted by atomic mass is 16.5. The normalized spacial score (nSPS) is 10.2. The Morgan fingerprint density at radius 3 is 2.17 bits per heavy atom. The number of rotatable bonds is 8. The first-order chi connectivity index (χ1) is 14.2. The molecular weight excluding hydrogens is 364 g/mol. The molecule has 0 fully saturated rings. The van der Waals surface area contributed by atoms with Gasteiger partial charge in [0.2, 0.25) is 0 Å². The summed E-state index contributed by atoms with van der Waals surface area (Å²) < 4.78 is 5.30. The Labute approximate surface area is 170 Å². The largest absolute Gasteiger partial charge is 0.496 e. The smallest absolute Gasteiger partial charge is 0.251 e. The number of carbonyl (C=O) groups excluding carboxylic acids is 2. The SMILES string of the molecule is COc1ccccc1CNC(=O)c1cccc(C(=O)NCCc2ccccc2)c1. The van der Waals surface area contributed by atoms with Crippen LogP contribution in [0, 0.1) is 0 Å². The number of hydrogen-bond donors (Lipinski definition) is 2. The van der Waals surface area contributed by atoms with Crippen LogP contribution in [0.5, 0.6) is 5.75 Å². The summed E-state index contributed by atoms with van der Waals surface area (Å²) in [6, 6.07) is 24.2. The Bertz CT molecular complexity index is 971. The van der Waals surface area contributed by atoms with Crippen molar-refractivity contribution in [2.75, 3.05) is 13.7 Å². The van der Waals surface area contributed by atoms with E-state index < -0.39 is 0 Å². The van der Waals surface area contributed by atoms with Crippen LogP contribution in [0.3, 0.4) is 0 Å². The summed E-state index contributed by atoms with van der Waals surface area (Å²) in [4.78, 5) is 24.9. The number of carbonyl (C=O) groups is 2. The van der Waals surface area contributed by atoms with Crippen LogP contribution in [0.1, 0.15) is 31.8 Å². The maximum atomic E-state index is 12.5. The molecule has 2 N–H and O–H groups in total. The standard InChI is InChI=1S/C24H24N2O3/c1-29-22-13-6-5-10-21(22)17-26-24(28)20-12-7-11-19(16-20)23(27)25-15-14-18-8-3-2-4-9-18/h2-13,16H,14-15,17H2,1H3,(H,25,27)(H,26,28). The van der Waals surface area contributed by atoms with Crippen molar-refractivity contribution in [1.29, 1.82) is 0 Å². The van der Waals surface area contributed by atoms with Crippen molar-refractivity contribution < 1.29 is 14.3 Å². The fourth-order valence-corrected chi connectivity index (χ4v) is 3.00. The number of nitrogens with one attached hydrogen (secondary N) is 2. The van der Waals surface area contributed by atoms with E-state index >= 15 is 0 Å². The molecule has 5 nitrogen and oxygen atoms in total. The lowest BCUT2D eigenvalue weighted by Gasteiger charge is -2.10. The molecule has 29 heavy (non-hydrogen) atoms. The molecule has 5 heteroatoms. The Hall–Kier alpha value is -3.60. The van der Waals surface area contributed by atoms with Gasteiger partial charge in [-0.25, -0.2) is 0 Å². The molecule has 0 unspecified atom stereocenters. The molecule has 0 saturated carbocycles. The first-order valence-electron chi connectivity index (χ1n) is 9.49. The second kappa shape index (κ2) is 10.1. The van der Waals surface area contributed by atoms with Gasteiger partial charge in [-0.2, -0.15) is 0 Å². The third kappa shape index (κ3) is 5.69. The van der Waals surface area contributed by atoms with Gasteiger partial charge in [-0.15, -0.1) is 0 Å². The zero-order valence-electron chi connectivity index (χ0n) is 16.4. The minimum atomic E-state index is -0.241.